The van der Waals surface area contributed by atoms with Crippen LogP contribution >= 0.6 is 11.8 Å². The molecule has 1 aliphatic rings. The average molecular weight is 298 g/mol. The first kappa shape index (κ1) is 14.3. The number of likely N-dealkylation sites (N-methyl/N-ethyl adjacent to an activating group) is 1. The van der Waals surface area contributed by atoms with Gasteiger partial charge in [0.1, 0.15) is 0 Å². The van der Waals surface area contributed by atoms with Crippen LogP contribution in [0, 0.1) is 0 Å². The second-order valence-electron chi connectivity index (χ2n) is 5.42. The third-order valence-corrected chi connectivity index (χ3v) is 4.90. The Kier molecular flexibility index (Phi) is 4.39. The van der Waals surface area contributed by atoms with Crippen LogP contribution in [0.2, 0.25) is 0 Å². The van der Waals surface area contributed by atoms with Gasteiger partial charge in [-0.3, -0.25) is 0 Å². The molecule has 2 nitrogen and oxygen atoms in total. The van der Waals surface area contributed by atoms with E-state index in [-0.39, 0.29) is 0 Å². The molecule has 0 fully saturated rings. The van der Waals surface area contributed by atoms with Crippen LogP contribution in [0.3, 0.4) is 0 Å². The smallest absolute Gasteiger partial charge is 0.0481 e. The summed E-state index contributed by atoms with van der Waals surface area (Å²) in [5.41, 5.74) is 5.47. The van der Waals surface area contributed by atoms with E-state index < -0.39 is 0 Å². The maximum Gasteiger partial charge on any atom is 0.0481 e. The Labute approximate surface area is 131 Å². The number of hydrogen-bond donors (Lipinski definition) is 1. The van der Waals surface area contributed by atoms with Crippen molar-refractivity contribution in [1.29, 1.82) is 0 Å². The van der Waals surface area contributed by atoms with Gasteiger partial charge < -0.3 is 10.2 Å². The Hall–Kier alpha value is -1.61. The third-order valence-electron chi connectivity index (χ3n) is 3.94. The van der Waals surface area contributed by atoms with E-state index in [0.717, 1.165) is 18.8 Å². The number of rotatable bonds is 5. The molecule has 0 unspecified atom stereocenters. The average Bonchev–Trinajstić information content (AvgIpc) is 2.88. The van der Waals surface area contributed by atoms with Gasteiger partial charge in [0.25, 0.3) is 0 Å². The summed E-state index contributed by atoms with van der Waals surface area (Å²) >= 11 is 1.89. The second kappa shape index (κ2) is 6.44. The molecule has 3 heteroatoms. The summed E-state index contributed by atoms with van der Waals surface area (Å²) in [6, 6.07) is 15.4. The molecule has 0 amide bonds. The lowest BCUT2D eigenvalue weighted by Crippen LogP contribution is -2.12. The second-order valence-corrected chi connectivity index (χ2v) is 6.72. The van der Waals surface area contributed by atoms with Crippen molar-refractivity contribution in [3.63, 3.8) is 0 Å². The maximum atomic E-state index is 3.58. The van der Waals surface area contributed by atoms with Crippen molar-refractivity contribution in [1.82, 2.24) is 0 Å². The minimum atomic E-state index is 0.887. The van der Waals surface area contributed by atoms with Gasteiger partial charge in [0.05, 0.1) is 0 Å². The Balaban J connectivity index is 1.71. The Bertz CT molecular complexity index is 624. The Morgan fingerprint density at radius 2 is 2.05 bits per heavy atom. The number of nitrogens with zero attached hydrogens (tertiary/aromatic N) is 1. The summed E-state index contributed by atoms with van der Waals surface area (Å²) in [4.78, 5) is 3.67. The van der Waals surface area contributed by atoms with Crippen molar-refractivity contribution >= 4 is 23.1 Å². The fourth-order valence-corrected chi connectivity index (χ4v) is 3.60. The van der Waals surface area contributed by atoms with Crippen molar-refractivity contribution in [2.45, 2.75) is 24.8 Å². The van der Waals surface area contributed by atoms with Gasteiger partial charge in [0.2, 0.25) is 0 Å². The van der Waals surface area contributed by atoms with Crippen LogP contribution in [0.15, 0.2) is 47.4 Å². The first-order valence-electron chi connectivity index (χ1n) is 7.56. The van der Waals surface area contributed by atoms with Crippen LogP contribution < -0.4 is 10.2 Å². The van der Waals surface area contributed by atoms with Crippen LogP contribution in [-0.4, -0.2) is 19.3 Å². The van der Waals surface area contributed by atoms with Gasteiger partial charge >= 0.3 is 0 Å². The first-order valence-corrected chi connectivity index (χ1v) is 8.55. The summed E-state index contributed by atoms with van der Waals surface area (Å²) in [6.07, 6.45) is 1.17. The molecule has 1 aliphatic heterocycles. The van der Waals surface area contributed by atoms with Gasteiger partial charge in [-0.05, 0) is 41.5 Å². The highest BCUT2D eigenvalue weighted by Crippen LogP contribution is 2.29. The molecule has 1 N–H and O–H groups in total. The van der Waals surface area contributed by atoms with E-state index in [0.29, 0.717) is 0 Å². The van der Waals surface area contributed by atoms with E-state index in [4.69, 9.17) is 0 Å². The zero-order valence-corrected chi connectivity index (χ0v) is 13.5. The zero-order chi connectivity index (χ0) is 14.7. The minimum absolute atomic E-state index is 0.887. The van der Waals surface area contributed by atoms with E-state index in [1.165, 1.54) is 33.8 Å². The molecule has 21 heavy (non-hydrogen) atoms. The van der Waals surface area contributed by atoms with E-state index in [9.17, 15) is 0 Å². The normalized spacial score (nSPS) is 13.3. The van der Waals surface area contributed by atoms with Gasteiger partial charge in [-0.1, -0.05) is 31.2 Å². The maximum absolute atomic E-state index is 3.58. The molecule has 0 aliphatic carbocycles. The van der Waals surface area contributed by atoms with E-state index in [1.807, 2.05) is 11.8 Å². The molecule has 0 saturated carbocycles. The van der Waals surface area contributed by atoms with Crippen LogP contribution in [0.4, 0.5) is 11.4 Å². The van der Waals surface area contributed by atoms with Gasteiger partial charge in [0, 0.05) is 36.4 Å². The molecule has 110 valence electrons. The zero-order valence-electron chi connectivity index (χ0n) is 12.7. The van der Waals surface area contributed by atoms with E-state index >= 15 is 0 Å². The number of hydrogen-bond acceptors (Lipinski definition) is 3. The highest BCUT2D eigenvalue weighted by molar-refractivity contribution is 7.99. The number of para-hydroxylation sites is 1. The summed E-state index contributed by atoms with van der Waals surface area (Å²) in [7, 11) is 2.17. The Morgan fingerprint density at radius 3 is 2.90 bits per heavy atom. The lowest BCUT2D eigenvalue weighted by atomic mass is 10.1. The number of thioether (sulfide) groups is 1. The van der Waals surface area contributed by atoms with Crippen molar-refractivity contribution < 1.29 is 0 Å². The summed E-state index contributed by atoms with van der Waals surface area (Å²) < 4.78 is 0. The van der Waals surface area contributed by atoms with Crippen LogP contribution in [0.25, 0.3) is 0 Å². The van der Waals surface area contributed by atoms with Crippen LogP contribution in [0.5, 0.6) is 0 Å². The lowest BCUT2D eigenvalue weighted by molar-refractivity contribution is 0.955. The van der Waals surface area contributed by atoms with Gasteiger partial charge in [-0.15, -0.1) is 11.8 Å². The largest absolute Gasteiger partial charge is 0.380 e. The highest BCUT2D eigenvalue weighted by atomic mass is 32.2. The predicted molar refractivity (Wildman–Crippen MR) is 93.6 cm³/mol. The molecule has 0 atom stereocenters. The molecule has 0 bridgehead atoms. The van der Waals surface area contributed by atoms with Crippen molar-refractivity contribution in [3.8, 4) is 0 Å². The SMILES string of the molecule is CCSc1ccccc1NCc1ccc2c(c1)CCN2C. The van der Waals surface area contributed by atoms with Gasteiger partial charge in [0.15, 0.2) is 0 Å². The summed E-state index contributed by atoms with van der Waals surface area (Å²) in [5, 5.41) is 3.58. The molecule has 0 aromatic heterocycles. The minimum Gasteiger partial charge on any atom is -0.380 e. The Morgan fingerprint density at radius 1 is 1.19 bits per heavy atom. The number of benzene rings is 2. The fourth-order valence-electron chi connectivity index (χ4n) is 2.82. The predicted octanol–water partition coefficient (Wildman–Crippen LogP) is 4.40. The fraction of sp³-hybridized carbons (Fsp3) is 0.333. The quantitative estimate of drug-likeness (QED) is 0.824. The standard InChI is InChI=1S/C18H22N2S/c1-3-21-18-7-5-4-6-16(18)19-13-14-8-9-17-15(12-14)10-11-20(17)2/h4-9,12,19H,3,10-11,13H2,1-2H3. The molecule has 0 radical (unpaired) electrons. The topological polar surface area (TPSA) is 15.3 Å². The highest BCUT2D eigenvalue weighted by Gasteiger charge is 2.15. The summed E-state index contributed by atoms with van der Waals surface area (Å²) in [6.45, 7) is 4.22. The van der Waals surface area contributed by atoms with Crippen molar-refractivity contribution in [3.05, 3.63) is 53.6 Å². The molecule has 3 rings (SSSR count). The number of fused-ring (bicyclic) bond motifs is 1. The number of nitrogens with one attached hydrogen (secondary N) is 1. The third kappa shape index (κ3) is 3.18. The molecule has 0 saturated heterocycles. The number of anilines is 2. The lowest BCUT2D eigenvalue weighted by Gasteiger charge is -2.14. The summed E-state index contributed by atoms with van der Waals surface area (Å²) in [5.74, 6) is 1.10. The monoisotopic (exact) mass is 298 g/mol. The van der Waals surface area contributed by atoms with Crippen LogP contribution in [0.1, 0.15) is 18.1 Å². The molecule has 1 heterocycles. The van der Waals surface area contributed by atoms with E-state index in [1.54, 1.807) is 0 Å². The van der Waals surface area contributed by atoms with Gasteiger partial charge in [-0.2, -0.15) is 0 Å². The van der Waals surface area contributed by atoms with E-state index in [2.05, 4.69) is 66.7 Å². The van der Waals surface area contributed by atoms with Crippen LogP contribution in [-0.2, 0) is 13.0 Å². The molecule has 0 spiro atoms. The molecular weight excluding hydrogens is 276 g/mol. The molecule has 2 aromatic carbocycles. The van der Waals surface area contributed by atoms with Crippen molar-refractivity contribution in [2.24, 2.45) is 0 Å². The molecule has 2 aromatic rings. The molecular formula is C18H22N2S. The van der Waals surface area contributed by atoms with Gasteiger partial charge in [-0.25, -0.2) is 0 Å². The first-order chi connectivity index (χ1) is 10.3. The van der Waals surface area contributed by atoms with Crippen molar-refractivity contribution in [2.75, 3.05) is 29.6 Å².